The highest BCUT2D eigenvalue weighted by molar-refractivity contribution is 5.65. The zero-order chi connectivity index (χ0) is 12.3. The minimum Gasteiger partial charge on any atom is -0.192 e. The van der Waals surface area contributed by atoms with E-state index < -0.39 is 0 Å². The van der Waals surface area contributed by atoms with Gasteiger partial charge in [0.1, 0.15) is 0 Å². The Kier molecular flexibility index (Phi) is 3.25. The van der Waals surface area contributed by atoms with E-state index in [1.807, 2.05) is 24.3 Å². The Bertz CT molecular complexity index is 544. The molecule has 0 spiro atoms. The van der Waals surface area contributed by atoms with Gasteiger partial charge in [-0.1, -0.05) is 50.2 Å². The number of hydrogen-bond acceptors (Lipinski definition) is 1. The molecular formula is C16H15N. The summed E-state index contributed by atoms with van der Waals surface area (Å²) < 4.78 is 0. The van der Waals surface area contributed by atoms with Crippen molar-refractivity contribution in [3.05, 3.63) is 59.7 Å². The molecule has 2 rings (SSSR count). The molecule has 84 valence electrons. The predicted molar refractivity (Wildman–Crippen MR) is 70.7 cm³/mol. The van der Waals surface area contributed by atoms with Gasteiger partial charge in [-0.05, 0) is 34.7 Å². The van der Waals surface area contributed by atoms with Crippen molar-refractivity contribution in [1.82, 2.24) is 0 Å². The first kappa shape index (κ1) is 11.4. The van der Waals surface area contributed by atoms with Crippen LogP contribution in [0.25, 0.3) is 11.1 Å². The minimum absolute atomic E-state index is 0.535. The van der Waals surface area contributed by atoms with Crippen LogP contribution in [-0.2, 0) is 0 Å². The summed E-state index contributed by atoms with van der Waals surface area (Å²) >= 11 is 0. The van der Waals surface area contributed by atoms with Crippen molar-refractivity contribution in [2.45, 2.75) is 19.8 Å². The summed E-state index contributed by atoms with van der Waals surface area (Å²) in [7, 11) is 0. The standard InChI is InChI=1S/C16H15N/c1-12(2)15-4-3-5-16(10-15)14-8-6-13(11-17)7-9-14/h3-10,12H,1-2H3. The van der Waals surface area contributed by atoms with E-state index in [1.165, 1.54) is 11.1 Å². The van der Waals surface area contributed by atoms with Crippen molar-refractivity contribution in [2.75, 3.05) is 0 Å². The highest BCUT2D eigenvalue weighted by Crippen LogP contribution is 2.24. The summed E-state index contributed by atoms with van der Waals surface area (Å²) in [5.41, 5.74) is 4.41. The van der Waals surface area contributed by atoms with Crippen molar-refractivity contribution in [1.29, 1.82) is 5.26 Å². The van der Waals surface area contributed by atoms with Crippen LogP contribution in [0.1, 0.15) is 30.9 Å². The Morgan fingerprint density at radius 3 is 2.24 bits per heavy atom. The third kappa shape index (κ3) is 2.54. The third-order valence-electron chi connectivity index (χ3n) is 2.90. The minimum atomic E-state index is 0.535. The molecule has 0 amide bonds. The zero-order valence-electron chi connectivity index (χ0n) is 10.1. The van der Waals surface area contributed by atoms with E-state index in [-0.39, 0.29) is 0 Å². The molecule has 17 heavy (non-hydrogen) atoms. The first-order chi connectivity index (χ1) is 8.20. The van der Waals surface area contributed by atoms with Crippen LogP contribution >= 0.6 is 0 Å². The molecule has 0 unspecified atom stereocenters. The lowest BCUT2D eigenvalue weighted by atomic mass is 9.97. The van der Waals surface area contributed by atoms with Gasteiger partial charge in [0.25, 0.3) is 0 Å². The fraction of sp³-hybridized carbons (Fsp3) is 0.188. The molecule has 1 nitrogen and oxygen atoms in total. The quantitative estimate of drug-likeness (QED) is 0.739. The predicted octanol–water partition coefficient (Wildman–Crippen LogP) is 4.35. The second kappa shape index (κ2) is 4.84. The van der Waals surface area contributed by atoms with Gasteiger partial charge in [0.05, 0.1) is 11.6 Å². The zero-order valence-corrected chi connectivity index (χ0v) is 10.1. The van der Waals surface area contributed by atoms with Gasteiger partial charge in [-0.3, -0.25) is 0 Å². The first-order valence-corrected chi connectivity index (χ1v) is 5.81. The Hall–Kier alpha value is -2.07. The Morgan fingerprint density at radius 1 is 0.941 bits per heavy atom. The van der Waals surface area contributed by atoms with Gasteiger partial charge in [-0.2, -0.15) is 5.26 Å². The highest BCUT2D eigenvalue weighted by atomic mass is 14.2. The SMILES string of the molecule is CC(C)c1cccc(-c2ccc(C#N)cc2)c1. The normalized spacial score (nSPS) is 10.2. The lowest BCUT2D eigenvalue weighted by Crippen LogP contribution is -1.87. The molecule has 2 aromatic carbocycles. The average molecular weight is 221 g/mol. The van der Waals surface area contributed by atoms with Crippen LogP contribution in [0.15, 0.2) is 48.5 Å². The number of rotatable bonds is 2. The van der Waals surface area contributed by atoms with Gasteiger partial charge in [0.2, 0.25) is 0 Å². The summed E-state index contributed by atoms with van der Waals surface area (Å²) in [5, 5.41) is 8.77. The molecule has 1 heteroatoms. The Balaban J connectivity index is 2.39. The smallest absolute Gasteiger partial charge is 0.0991 e. The maximum atomic E-state index is 8.77. The molecule has 0 bridgehead atoms. The number of benzene rings is 2. The highest BCUT2D eigenvalue weighted by Gasteiger charge is 2.02. The molecule has 0 atom stereocenters. The van der Waals surface area contributed by atoms with Crippen molar-refractivity contribution in [3.8, 4) is 17.2 Å². The molecule has 0 heterocycles. The molecule has 0 N–H and O–H groups in total. The molecule has 0 radical (unpaired) electrons. The molecule has 0 saturated carbocycles. The number of nitriles is 1. The monoisotopic (exact) mass is 221 g/mol. The van der Waals surface area contributed by atoms with Gasteiger partial charge in [-0.25, -0.2) is 0 Å². The summed E-state index contributed by atoms with van der Waals surface area (Å²) in [4.78, 5) is 0. The number of nitrogens with zero attached hydrogens (tertiary/aromatic N) is 1. The van der Waals surface area contributed by atoms with E-state index >= 15 is 0 Å². The largest absolute Gasteiger partial charge is 0.192 e. The van der Waals surface area contributed by atoms with Crippen LogP contribution in [0.4, 0.5) is 0 Å². The molecule has 2 aromatic rings. The van der Waals surface area contributed by atoms with Gasteiger partial charge in [-0.15, -0.1) is 0 Å². The third-order valence-corrected chi connectivity index (χ3v) is 2.90. The van der Waals surface area contributed by atoms with E-state index in [0.29, 0.717) is 11.5 Å². The van der Waals surface area contributed by atoms with E-state index in [2.05, 4.69) is 44.2 Å². The van der Waals surface area contributed by atoms with Gasteiger partial charge in [0.15, 0.2) is 0 Å². The lowest BCUT2D eigenvalue weighted by molar-refractivity contribution is 0.867. The topological polar surface area (TPSA) is 23.8 Å². The maximum absolute atomic E-state index is 8.77. The second-order valence-electron chi connectivity index (χ2n) is 4.47. The van der Waals surface area contributed by atoms with E-state index in [0.717, 1.165) is 5.56 Å². The van der Waals surface area contributed by atoms with Crippen molar-refractivity contribution in [2.24, 2.45) is 0 Å². The molecule has 0 aliphatic heterocycles. The van der Waals surface area contributed by atoms with Gasteiger partial charge >= 0.3 is 0 Å². The van der Waals surface area contributed by atoms with Gasteiger partial charge < -0.3 is 0 Å². The summed E-state index contributed by atoms with van der Waals surface area (Å²) in [6.07, 6.45) is 0. The summed E-state index contributed by atoms with van der Waals surface area (Å²) in [6.45, 7) is 4.38. The molecule has 0 aliphatic carbocycles. The van der Waals surface area contributed by atoms with E-state index in [1.54, 1.807) is 0 Å². The first-order valence-electron chi connectivity index (χ1n) is 5.81. The lowest BCUT2D eigenvalue weighted by Gasteiger charge is -2.08. The van der Waals surface area contributed by atoms with Crippen LogP contribution in [0, 0.1) is 11.3 Å². The molecule has 0 aromatic heterocycles. The van der Waals surface area contributed by atoms with Gasteiger partial charge in [0, 0.05) is 0 Å². The Labute approximate surface area is 102 Å². The van der Waals surface area contributed by atoms with Crippen LogP contribution < -0.4 is 0 Å². The van der Waals surface area contributed by atoms with E-state index in [4.69, 9.17) is 5.26 Å². The van der Waals surface area contributed by atoms with Crippen molar-refractivity contribution >= 4 is 0 Å². The van der Waals surface area contributed by atoms with Crippen LogP contribution in [-0.4, -0.2) is 0 Å². The second-order valence-corrected chi connectivity index (χ2v) is 4.47. The van der Waals surface area contributed by atoms with Crippen molar-refractivity contribution < 1.29 is 0 Å². The average Bonchev–Trinajstić information content (AvgIpc) is 2.39. The summed E-state index contributed by atoms with van der Waals surface area (Å²) in [5.74, 6) is 0.535. The van der Waals surface area contributed by atoms with Crippen LogP contribution in [0.2, 0.25) is 0 Å². The molecule has 0 aliphatic rings. The number of hydrogen-bond donors (Lipinski definition) is 0. The molecular weight excluding hydrogens is 206 g/mol. The molecule has 0 fully saturated rings. The Morgan fingerprint density at radius 2 is 1.65 bits per heavy atom. The fourth-order valence-corrected chi connectivity index (χ4v) is 1.81. The van der Waals surface area contributed by atoms with E-state index in [9.17, 15) is 0 Å². The fourth-order valence-electron chi connectivity index (χ4n) is 1.81. The molecule has 0 saturated heterocycles. The summed E-state index contributed by atoms with van der Waals surface area (Å²) in [6, 6.07) is 18.4. The van der Waals surface area contributed by atoms with Crippen LogP contribution in [0.5, 0.6) is 0 Å². The van der Waals surface area contributed by atoms with Crippen LogP contribution in [0.3, 0.4) is 0 Å². The van der Waals surface area contributed by atoms with Crippen molar-refractivity contribution in [3.63, 3.8) is 0 Å². The maximum Gasteiger partial charge on any atom is 0.0991 e.